The summed E-state index contributed by atoms with van der Waals surface area (Å²) in [5.41, 5.74) is 2.56. The maximum absolute atomic E-state index is 3.40. The van der Waals surface area contributed by atoms with E-state index in [1.807, 2.05) is 0 Å². The quantitative estimate of drug-likeness (QED) is 0.586. The first-order valence-corrected chi connectivity index (χ1v) is 5.30. The number of nitrogens with one attached hydrogen (secondary N) is 1. The summed E-state index contributed by atoms with van der Waals surface area (Å²) in [7, 11) is 0. The van der Waals surface area contributed by atoms with Gasteiger partial charge in [-0.1, -0.05) is 25.5 Å². The molecule has 82 valence electrons. The number of nitrogens with zero attached hydrogens (tertiary/aromatic N) is 1. The first-order valence-electron chi connectivity index (χ1n) is 5.30. The summed E-state index contributed by atoms with van der Waals surface area (Å²) in [4.78, 5) is 3.40. The first kappa shape index (κ1) is 12.5. The second kappa shape index (κ2) is 5.49. The summed E-state index contributed by atoms with van der Waals surface area (Å²) < 4.78 is 2.36. The van der Waals surface area contributed by atoms with E-state index in [4.69, 9.17) is 0 Å². The molecule has 0 amide bonds. The van der Waals surface area contributed by atoms with Gasteiger partial charge in [-0.25, -0.2) is 9.55 Å². The van der Waals surface area contributed by atoms with Crippen molar-refractivity contribution in [2.45, 2.75) is 33.2 Å². The van der Waals surface area contributed by atoms with Crippen molar-refractivity contribution >= 4 is 11.0 Å². The average molecular weight is 316 g/mol. The minimum Gasteiger partial charge on any atom is -1.00 e. The number of para-hydroxylation sites is 2. The second-order valence-corrected chi connectivity index (χ2v) is 3.73. The van der Waals surface area contributed by atoms with Gasteiger partial charge in [0.15, 0.2) is 11.0 Å². The van der Waals surface area contributed by atoms with Crippen LogP contribution in [0.25, 0.3) is 11.0 Å². The first-order chi connectivity index (χ1) is 6.83. The molecular weight excluding hydrogens is 299 g/mol. The Kier molecular flexibility index (Phi) is 4.57. The van der Waals surface area contributed by atoms with E-state index >= 15 is 0 Å². The average Bonchev–Trinajstić information content (AvgIpc) is 2.51. The lowest BCUT2D eigenvalue weighted by Crippen LogP contribution is -3.00. The van der Waals surface area contributed by atoms with E-state index in [1.54, 1.807) is 0 Å². The number of fused-ring (bicyclic) bond motifs is 1. The van der Waals surface area contributed by atoms with Gasteiger partial charge in [0, 0.05) is 6.92 Å². The fourth-order valence-corrected chi connectivity index (χ4v) is 1.86. The van der Waals surface area contributed by atoms with Crippen LogP contribution in [0.15, 0.2) is 24.3 Å². The molecule has 0 aliphatic carbocycles. The zero-order valence-electron chi connectivity index (χ0n) is 9.26. The molecule has 0 atom stereocenters. The summed E-state index contributed by atoms with van der Waals surface area (Å²) in [6.07, 6.45) is 2.49. The molecule has 1 N–H and O–H groups in total. The summed E-state index contributed by atoms with van der Waals surface area (Å²) >= 11 is 0. The zero-order valence-corrected chi connectivity index (χ0v) is 11.4. The molecule has 0 unspecified atom stereocenters. The summed E-state index contributed by atoms with van der Waals surface area (Å²) in [5, 5.41) is 0. The number of rotatable bonds is 3. The Morgan fingerprint density at radius 3 is 2.73 bits per heavy atom. The van der Waals surface area contributed by atoms with Crippen LogP contribution in [0.4, 0.5) is 0 Å². The van der Waals surface area contributed by atoms with Gasteiger partial charge in [-0.2, -0.15) is 0 Å². The van der Waals surface area contributed by atoms with Crippen molar-refractivity contribution in [1.82, 2.24) is 4.98 Å². The number of unbranched alkanes of at least 4 members (excludes halogenated alkanes) is 1. The van der Waals surface area contributed by atoms with E-state index in [-0.39, 0.29) is 24.0 Å². The molecule has 0 radical (unpaired) electrons. The number of benzene rings is 1. The van der Waals surface area contributed by atoms with Crippen molar-refractivity contribution in [3.05, 3.63) is 30.1 Å². The molecule has 0 aliphatic heterocycles. The standard InChI is InChI=1S/C12H16N2.HI/c1-3-4-9-14-10(2)13-11-7-5-6-8-12(11)14;/h5-8H,3-4,9H2,1-2H3;1H. The predicted octanol–water partition coefficient (Wildman–Crippen LogP) is -0.432. The Morgan fingerprint density at radius 2 is 2.00 bits per heavy atom. The highest BCUT2D eigenvalue weighted by atomic mass is 127. The fourth-order valence-electron chi connectivity index (χ4n) is 1.86. The molecule has 0 saturated carbocycles. The lowest BCUT2D eigenvalue weighted by molar-refractivity contribution is -0.677. The Bertz CT molecular complexity index is 434. The number of aryl methyl sites for hydroxylation is 2. The SMILES string of the molecule is CCCC[n+]1c(C)[nH]c2ccccc21.[I-]. The predicted molar refractivity (Wildman–Crippen MR) is 58.1 cm³/mol. The molecule has 3 heteroatoms. The molecule has 15 heavy (non-hydrogen) atoms. The van der Waals surface area contributed by atoms with Gasteiger partial charge in [0.2, 0.25) is 0 Å². The van der Waals surface area contributed by atoms with Crippen LogP contribution in [0.1, 0.15) is 25.6 Å². The number of aromatic nitrogens is 2. The number of hydrogen-bond donors (Lipinski definition) is 1. The van der Waals surface area contributed by atoms with Crippen molar-refractivity contribution in [3.63, 3.8) is 0 Å². The van der Waals surface area contributed by atoms with Crippen LogP contribution in [-0.2, 0) is 6.54 Å². The van der Waals surface area contributed by atoms with Gasteiger partial charge in [0.05, 0.1) is 6.54 Å². The van der Waals surface area contributed by atoms with Crippen molar-refractivity contribution < 1.29 is 28.5 Å². The van der Waals surface area contributed by atoms with Gasteiger partial charge < -0.3 is 24.0 Å². The number of hydrogen-bond acceptors (Lipinski definition) is 0. The van der Waals surface area contributed by atoms with Crippen LogP contribution < -0.4 is 28.5 Å². The van der Waals surface area contributed by atoms with E-state index in [0.29, 0.717) is 0 Å². The largest absolute Gasteiger partial charge is 1.00 e. The van der Waals surface area contributed by atoms with E-state index < -0.39 is 0 Å². The molecule has 1 aromatic heterocycles. The minimum atomic E-state index is 0. The molecule has 1 aromatic carbocycles. The van der Waals surface area contributed by atoms with Gasteiger partial charge in [0.1, 0.15) is 0 Å². The van der Waals surface area contributed by atoms with Gasteiger partial charge in [-0.15, -0.1) is 0 Å². The van der Waals surface area contributed by atoms with Crippen molar-refractivity contribution in [2.75, 3.05) is 0 Å². The molecule has 0 saturated heterocycles. The van der Waals surface area contributed by atoms with E-state index in [9.17, 15) is 0 Å². The molecule has 2 nitrogen and oxygen atoms in total. The summed E-state index contributed by atoms with van der Waals surface area (Å²) in [6.45, 7) is 5.48. The number of imidazole rings is 1. The molecule has 2 rings (SSSR count). The molecule has 0 fully saturated rings. The monoisotopic (exact) mass is 316 g/mol. The normalized spacial score (nSPS) is 10.3. The molecule has 1 heterocycles. The molecule has 0 bridgehead atoms. The maximum atomic E-state index is 3.40. The van der Waals surface area contributed by atoms with E-state index in [1.165, 1.54) is 29.7 Å². The topological polar surface area (TPSA) is 19.7 Å². The molecule has 0 aliphatic rings. The third-order valence-corrected chi connectivity index (χ3v) is 2.65. The zero-order chi connectivity index (χ0) is 9.97. The highest BCUT2D eigenvalue weighted by Crippen LogP contribution is 2.08. The minimum absolute atomic E-state index is 0. The number of H-pyrrole nitrogens is 1. The van der Waals surface area contributed by atoms with Gasteiger partial charge in [-0.3, -0.25) is 0 Å². The van der Waals surface area contributed by atoms with Gasteiger partial charge in [-0.05, 0) is 18.6 Å². The third kappa shape index (κ3) is 2.51. The highest BCUT2D eigenvalue weighted by Gasteiger charge is 2.12. The van der Waals surface area contributed by atoms with E-state index in [0.717, 1.165) is 6.54 Å². The summed E-state index contributed by atoms with van der Waals surface area (Å²) in [5.74, 6) is 1.25. The van der Waals surface area contributed by atoms with Crippen LogP contribution in [0.5, 0.6) is 0 Å². The number of halogens is 1. The lowest BCUT2D eigenvalue weighted by Gasteiger charge is -1.97. The molecule has 2 aromatic rings. The third-order valence-electron chi connectivity index (χ3n) is 2.65. The van der Waals surface area contributed by atoms with Crippen molar-refractivity contribution in [1.29, 1.82) is 0 Å². The Hall–Kier alpha value is -0.580. The van der Waals surface area contributed by atoms with E-state index in [2.05, 4.69) is 47.7 Å². The Morgan fingerprint density at radius 1 is 1.27 bits per heavy atom. The van der Waals surface area contributed by atoms with Crippen LogP contribution in [-0.4, -0.2) is 4.98 Å². The molecular formula is C12H17IN2. The Labute approximate surface area is 108 Å². The van der Waals surface area contributed by atoms with Crippen LogP contribution in [0.2, 0.25) is 0 Å². The number of aromatic amines is 1. The van der Waals surface area contributed by atoms with Crippen molar-refractivity contribution in [2.24, 2.45) is 0 Å². The highest BCUT2D eigenvalue weighted by molar-refractivity contribution is 5.70. The van der Waals surface area contributed by atoms with Crippen LogP contribution >= 0.6 is 0 Å². The van der Waals surface area contributed by atoms with Gasteiger partial charge >= 0.3 is 0 Å². The Balaban J connectivity index is 0.00000112. The maximum Gasteiger partial charge on any atom is 0.251 e. The lowest BCUT2D eigenvalue weighted by atomic mass is 10.3. The van der Waals surface area contributed by atoms with Gasteiger partial charge in [0.25, 0.3) is 5.82 Å². The fraction of sp³-hybridized carbons (Fsp3) is 0.417. The summed E-state index contributed by atoms with van der Waals surface area (Å²) in [6, 6.07) is 8.47. The van der Waals surface area contributed by atoms with Crippen molar-refractivity contribution in [3.8, 4) is 0 Å². The molecule has 0 spiro atoms. The van der Waals surface area contributed by atoms with Crippen LogP contribution in [0, 0.1) is 6.92 Å². The smallest absolute Gasteiger partial charge is 0.251 e. The van der Waals surface area contributed by atoms with Crippen LogP contribution in [0.3, 0.4) is 0 Å². The second-order valence-electron chi connectivity index (χ2n) is 3.73.